The third-order valence-corrected chi connectivity index (χ3v) is 4.80. The zero-order valence-electron chi connectivity index (χ0n) is 15.9. The number of halogens is 1. The van der Waals surface area contributed by atoms with E-state index in [1.807, 2.05) is 54.6 Å². The molecule has 3 rings (SSSR count). The van der Waals surface area contributed by atoms with E-state index in [1.165, 1.54) is 0 Å². The normalized spacial score (nSPS) is 10.8. The van der Waals surface area contributed by atoms with Gasteiger partial charge in [-0.1, -0.05) is 41.9 Å². The molecule has 0 saturated carbocycles. The molecule has 0 atom stereocenters. The predicted octanol–water partition coefficient (Wildman–Crippen LogP) is 6.40. The molecule has 28 heavy (non-hydrogen) atoms. The van der Waals surface area contributed by atoms with E-state index in [9.17, 15) is 4.79 Å². The van der Waals surface area contributed by atoms with Crippen LogP contribution in [0.4, 0.5) is 11.4 Å². The Bertz CT molecular complexity index is 963. The zero-order valence-corrected chi connectivity index (χ0v) is 16.7. The number of anilines is 2. The van der Waals surface area contributed by atoms with Crippen molar-refractivity contribution in [2.24, 2.45) is 0 Å². The molecule has 0 unspecified atom stereocenters. The molecule has 0 aliphatic carbocycles. The van der Waals surface area contributed by atoms with E-state index in [4.69, 9.17) is 16.3 Å². The molecule has 0 spiro atoms. The number of carbonyl (C=O) groups is 1. The summed E-state index contributed by atoms with van der Waals surface area (Å²) in [6.07, 6.45) is 3.36. The Morgan fingerprint density at radius 2 is 1.57 bits per heavy atom. The number of hydrogen-bond acceptors (Lipinski definition) is 3. The smallest absolute Gasteiger partial charge is 0.187 e. The summed E-state index contributed by atoms with van der Waals surface area (Å²) in [6.45, 7) is 2.95. The minimum atomic E-state index is -0.108. The number of methoxy groups -OCH3 is 1. The van der Waals surface area contributed by atoms with Gasteiger partial charge >= 0.3 is 0 Å². The van der Waals surface area contributed by atoms with E-state index in [-0.39, 0.29) is 5.78 Å². The van der Waals surface area contributed by atoms with E-state index >= 15 is 0 Å². The van der Waals surface area contributed by atoms with Crippen LogP contribution in [0.2, 0.25) is 5.02 Å². The van der Waals surface area contributed by atoms with Crippen molar-refractivity contribution in [2.45, 2.75) is 6.92 Å². The molecular formula is C24H22ClNO2. The Morgan fingerprint density at radius 1 is 0.964 bits per heavy atom. The molecule has 0 amide bonds. The van der Waals surface area contributed by atoms with Crippen LogP contribution in [0.3, 0.4) is 0 Å². The lowest BCUT2D eigenvalue weighted by Crippen LogP contribution is -2.15. The second-order valence-electron chi connectivity index (χ2n) is 6.21. The molecule has 3 aromatic rings. The summed E-state index contributed by atoms with van der Waals surface area (Å²) >= 11 is 6.08. The van der Waals surface area contributed by atoms with Crippen molar-refractivity contribution in [3.8, 4) is 5.75 Å². The number of allylic oxidation sites excluding steroid dienone is 1. The summed E-state index contributed by atoms with van der Waals surface area (Å²) < 4.78 is 5.23. The molecule has 0 aliphatic rings. The molecule has 3 nitrogen and oxygen atoms in total. The fourth-order valence-electron chi connectivity index (χ4n) is 2.96. The molecule has 0 saturated heterocycles. The SMILES string of the molecule is CCN(c1ccc(/C=C/C(=O)c2ccccc2Cl)cc1)c1ccc(OC)cc1. The third kappa shape index (κ3) is 4.62. The number of ketones is 1. The fourth-order valence-corrected chi connectivity index (χ4v) is 3.19. The van der Waals surface area contributed by atoms with Gasteiger partial charge in [0.25, 0.3) is 0 Å². The molecule has 0 N–H and O–H groups in total. The molecular weight excluding hydrogens is 370 g/mol. The monoisotopic (exact) mass is 391 g/mol. The van der Waals surface area contributed by atoms with Gasteiger partial charge in [-0.05, 0) is 67.1 Å². The minimum absolute atomic E-state index is 0.108. The lowest BCUT2D eigenvalue weighted by atomic mass is 10.1. The maximum absolute atomic E-state index is 12.3. The number of ether oxygens (including phenoxy) is 1. The Balaban J connectivity index is 1.74. The van der Waals surface area contributed by atoms with Crippen molar-refractivity contribution in [2.75, 3.05) is 18.6 Å². The van der Waals surface area contributed by atoms with Gasteiger partial charge in [0.05, 0.1) is 12.1 Å². The molecule has 0 aromatic heterocycles. The van der Waals surface area contributed by atoms with Crippen molar-refractivity contribution in [3.63, 3.8) is 0 Å². The van der Waals surface area contributed by atoms with Gasteiger partial charge in [-0.2, -0.15) is 0 Å². The number of hydrogen-bond donors (Lipinski definition) is 0. The first-order chi connectivity index (χ1) is 13.6. The number of rotatable bonds is 7. The lowest BCUT2D eigenvalue weighted by molar-refractivity contribution is 0.104. The topological polar surface area (TPSA) is 29.5 Å². The standard InChI is InChI=1S/C24H22ClNO2/c1-3-26(20-13-15-21(28-2)16-14-20)19-11-8-18(9-12-19)10-17-24(27)22-6-4-5-7-23(22)25/h4-17H,3H2,1-2H3/b17-10+. The Kier molecular flexibility index (Phi) is 6.51. The second kappa shape index (κ2) is 9.25. The first kappa shape index (κ1) is 19.7. The molecule has 0 bridgehead atoms. The van der Waals surface area contributed by atoms with Crippen molar-refractivity contribution in [3.05, 3.63) is 95.0 Å². The average Bonchev–Trinajstić information content (AvgIpc) is 2.74. The Morgan fingerprint density at radius 3 is 2.14 bits per heavy atom. The highest BCUT2D eigenvalue weighted by Crippen LogP contribution is 2.27. The van der Waals surface area contributed by atoms with Gasteiger partial charge in [0.2, 0.25) is 0 Å². The first-order valence-corrected chi connectivity index (χ1v) is 9.48. The van der Waals surface area contributed by atoms with Crippen molar-refractivity contribution >= 4 is 34.8 Å². The van der Waals surface area contributed by atoms with E-state index in [2.05, 4.69) is 11.8 Å². The summed E-state index contributed by atoms with van der Waals surface area (Å²) in [5.74, 6) is 0.728. The Hall–Kier alpha value is -3.04. The molecule has 0 radical (unpaired) electrons. The third-order valence-electron chi connectivity index (χ3n) is 4.47. The summed E-state index contributed by atoms with van der Waals surface area (Å²) in [5.41, 5.74) is 3.64. The van der Waals surface area contributed by atoms with Crippen molar-refractivity contribution in [1.82, 2.24) is 0 Å². The van der Waals surface area contributed by atoms with Crippen LogP contribution < -0.4 is 9.64 Å². The van der Waals surface area contributed by atoms with Gasteiger partial charge < -0.3 is 9.64 Å². The van der Waals surface area contributed by atoms with Crippen LogP contribution in [0.25, 0.3) is 6.08 Å². The Labute approximate surface area is 170 Å². The van der Waals surface area contributed by atoms with Crippen LogP contribution in [0.5, 0.6) is 5.75 Å². The van der Waals surface area contributed by atoms with E-state index in [0.717, 1.165) is 29.2 Å². The number of benzene rings is 3. The quantitative estimate of drug-likeness (QED) is 0.344. The fraction of sp³-hybridized carbons (Fsp3) is 0.125. The molecule has 0 aliphatic heterocycles. The van der Waals surface area contributed by atoms with E-state index < -0.39 is 0 Å². The second-order valence-corrected chi connectivity index (χ2v) is 6.62. The van der Waals surface area contributed by atoms with Crippen LogP contribution in [0, 0.1) is 0 Å². The predicted molar refractivity (Wildman–Crippen MR) is 117 cm³/mol. The van der Waals surface area contributed by atoms with Gasteiger partial charge in [0.15, 0.2) is 5.78 Å². The molecule has 3 aromatic carbocycles. The summed E-state index contributed by atoms with van der Waals surface area (Å²) in [5, 5.41) is 0.463. The van der Waals surface area contributed by atoms with E-state index in [0.29, 0.717) is 10.6 Å². The average molecular weight is 392 g/mol. The van der Waals surface area contributed by atoms with Crippen molar-refractivity contribution < 1.29 is 9.53 Å². The largest absolute Gasteiger partial charge is 0.497 e. The van der Waals surface area contributed by atoms with Crippen LogP contribution in [0.1, 0.15) is 22.8 Å². The van der Waals surface area contributed by atoms with Crippen LogP contribution >= 0.6 is 11.6 Å². The van der Waals surface area contributed by atoms with Gasteiger partial charge in [-0.3, -0.25) is 4.79 Å². The molecule has 4 heteroatoms. The van der Waals surface area contributed by atoms with E-state index in [1.54, 1.807) is 37.5 Å². The number of nitrogens with zero attached hydrogens (tertiary/aromatic N) is 1. The van der Waals surface area contributed by atoms with Crippen LogP contribution in [-0.4, -0.2) is 19.4 Å². The van der Waals surface area contributed by atoms with Gasteiger partial charge in [-0.15, -0.1) is 0 Å². The van der Waals surface area contributed by atoms with Crippen molar-refractivity contribution in [1.29, 1.82) is 0 Å². The summed E-state index contributed by atoms with van der Waals surface area (Å²) in [4.78, 5) is 14.5. The first-order valence-electron chi connectivity index (χ1n) is 9.11. The maximum atomic E-state index is 12.3. The summed E-state index contributed by atoms with van der Waals surface area (Å²) in [7, 11) is 1.66. The highest BCUT2D eigenvalue weighted by atomic mass is 35.5. The number of carbonyl (C=O) groups excluding carboxylic acids is 1. The lowest BCUT2D eigenvalue weighted by Gasteiger charge is -2.23. The van der Waals surface area contributed by atoms with Gasteiger partial charge in [-0.25, -0.2) is 0 Å². The maximum Gasteiger partial charge on any atom is 0.187 e. The summed E-state index contributed by atoms with van der Waals surface area (Å²) in [6, 6.07) is 23.1. The van der Waals surface area contributed by atoms with Crippen LogP contribution in [-0.2, 0) is 0 Å². The highest BCUT2D eigenvalue weighted by Gasteiger charge is 2.08. The molecule has 0 fully saturated rings. The van der Waals surface area contributed by atoms with Crippen LogP contribution in [0.15, 0.2) is 78.9 Å². The minimum Gasteiger partial charge on any atom is -0.497 e. The van der Waals surface area contributed by atoms with Gasteiger partial charge in [0, 0.05) is 23.5 Å². The highest BCUT2D eigenvalue weighted by molar-refractivity contribution is 6.34. The molecule has 0 heterocycles. The zero-order chi connectivity index (χ0) is 19.9. The molecule has 142 valence electrons. The van der Waals surface area contributed by atoms with Gasteiger partial charge in [0.1, 0.15) is 5.75 Å².